The molecule has 130 valence electrons. The zero-order chi connectivity index (χ0) is 18.2. The highest BCUT2D eigenvalue weighted by atomic mass is 19.1. The summed E-state index contributed by atoms with van der Waals surface area (Å²) in [7, 11) is 1.58. The summed E-state index contributed by atoms with van der Waals surface area (Å²) in [5, 5.41) is 2.77. The van der Waals surface area contributed by atoms with Gasteiger partial charge in [0.1, 0.15) is 17.1 Å². The highest BCUT2D eigenvalue weighted by Crippen LogP contribution is 2.32. The van der Waals surface area contributed by atoms with Crippen molar-refractivity contribution in [2.75, 3.05) is 7.11 Å². The van der Waals surface area contributed by atoms with Gasteiger partial charge in [-0.15, -0.1) is 0 Å². The number of rotatable bonds is 4. The van der Waals surface area contributed by atoms with E-state index in [4.69, 9.17) is 4.74 Å². The van der Waals surface area contributed by atoms with Crippen LogP contribution in [-0.2, 0) is 16.9 Å². The molecule has 0 spiro atoms. The Kier molecular flexibility index (Phi) is 4.20. The molecule has 3 rings (SSSR count). The summed E-state index contributed by atoms with van der Waals surface area (Å²) >= 11 is 0. The summed E-state index contributed by atoms with van der Waals surface area (Å²) in [5.41, 5.74) is 1.10. The van der Waals surface area contributed by atoms with Crippen molar-refractivity contribution in [3.8, 4) is 5.75 Å². The highest BCUT2D eigenvalue weighted by Gasteiger charge is 2.49. The molecule has 0 saturated carbocycles. The van der Waals surface area contributed by atoms with E-state index in [9.17, 15) is 14.0 Å². The zero-order valence-corrected chi connectivity index (χ0v) is 14.3. The van der Waals surface area contributed by atoms with Gasteiger partial charge in [-0.25, -0.2) is 9.18 Å². The highest BCUT2D eigenvalue weighted by molar-refractivity contribution is 6.07. The minimum atomic E-state index is -1.14. The fourth-order valence-corrected chi connectivity index (χ4v) is 3.00. The van der Waals surface area contributed by atoms with Gasteiger partial charge in [0.25, 0.3) is 5.91 Å². The first kappa shape index (κ1) is 17.0. The van der Waals surface area contributed by atoms with Gasteiger partial charge in [-0.1, -0.05) is 18.2 Å². The molecule has 1 aliphatic heterocycles. The standard InChI is InChI=1S/C19H19FN2O3/c1-12-10-14(6-9-16(12)25-3)19(2)17(23)22(18(24)21-19)11-13-4-7-15(20)8-5-13/h4-10H,11H2,1-3H3,(H,21,24). The molecule has 1 unspecified atom stereocenters. The van der Waals surface area contributed by atoms with E-state index in [0.29, 0.717) is 16.9 Å². The van der Waals surface area contributed by atoms with Crippen LogP contribution in [0, 0.1) is 12.7 Å². The summed E-state index contributed by atoms with van der Waals surface area (Å²) in [5.74, 6) is 0.0122. The Hall–Kier alpha value is -2.89. The van der Waals surface area contributed by atoms with E-state index < -0.39 is 11.6 Å². The van der Waals surface area contributed by atoms with Crippen LogP contribution in [0.25, 0.3) is 0 Å². The van der Waals surface area contributed by atoms with Gasteiger partial charge in [0.2, 0.25) is 0 Å². The van der Waals surface area contributed by atoms with Crippen LogP contribution in [0.2, 0.25) is 0 Å². The Labute approximate surface area is 145 Å². The molecule has 0 aromatic heterocycles. The number of aryl methyl sites for hydroxylation is 1. The van der Waals surface area contributed by atoms with Crippen molar-refractivity contribution in [3.63, 3.8) is 0 Å². The first-order chi connectivity index (χ1) is 11.8. The molecular weight excluding hydrogens is 323 g/mol. The molecule has 1 heterocycles. The van der Waals surface area contributed by atoms with Crippen LogP contribution in [-0.4, -0.2) is 23.9 Å². The molecule has 0 bridgehead atoms. The van der Waals surface area contributed by atoms with Crippen LogP contribution in [0.4, 0.5) is 9.18 Å². The Bertz CT molecular complexity index is 835. The molecular formula is C19H19FN2O3. The number of hydrogen-bond acceptors (Lipinski definition) is 3. The summed E-state index contributed by atoms with van der Waals surface area (Å²) in [6, 6.07) is 10.6. The third kappa shape index (κ3) is 2.95. The summed E-state index contributed by atoms with van der Waals surface area (Å²) in [4.78, 5) is 26.4. The van der Waals surface area contributed by atoms with Crippen LogP contribution in [0.1, 0.15) is 23.6 Å². The number of amides is 3. The fourth-order valence-electron chi connectivity index (χ4n) is 3.00. The molecule has 1 N–H and O–H groups in total. The number of hydrogen-bond donors (Lipinski definition) is 1. The quantitative estimate of drug-likeness (QED) is 0.869. The number of nitrogens with zero attached hydrogens (tertiary/aromatic N) is 1. The third-order valence-electron chi connectivity index (χ3n) is 4.50. The van der Waals surface area contributed by atoms with Crippen LogP contribution in [0.5, 0.6) is 5.75 Å². The van der Waals surface area contributed by atoms with Crippen molar-refractivity contribution in [1.82, 2.24) is 10.2 Å². The van der Waals surface area contributed by atoms with E-state index in [1.807, 2.05) is 13.0 Å². The summed E-state index contributed by atoms with van der Waals surface area (Å²) in [6.45, 7) is 3.65. The van der Waals surface area contributed by atoms with Gasteiger partial charge in [-0.3, -0.25) is 9.69 Å². The predicted octanol–water partition coefficient (Wildman–Crippen LogP) is 3.11. The molecule has 1 atom stereocenters. The molecule has 5 nitrogen and oxygen atoms in total. The number of halogens is 1. The number of ether oxygens (including phenoxy) is 1. The molecule has 1 aliphatic rings. The monoisotopic (exact) mass is 342 g/mol. The SMILES string of the molecule is COc1ccc(C2(C)NC(=O)N(Cc3ccc(F)cc3)C2=O)cc1C. The van der Waals surface area contributed by atoms with E-state index in [0.717, 1.165) is 10.5 Å². The first-order valence-electron chi connectivity index (χ1n) is 7.89. The van der Waals surface area contributed by atoms with Crippen molar-refractivity contribution < 1.29 is 18.7 Å². The Morgan fingerprint density at radius 2 is 1.84 bits per heavy atom. The van der Waals surface area contributed by atoms with E-state index in [2.05, 4.69) is 5.32 Å². The molecule has 0 radical (unpaired) electrons. The van der Waals surface area contributed by atoms with Crippen LogP contribution in [0.3, 0.4) is 0 Å². The van der Waals surface area contributed by atoms with Gasteiger partial charge in [-0.05, 0) is 54.8 Å². The lowest BCUT2D eigenvalue weighted by atomic mass is 9.90. The van der Waals surface area contributed by atoms with Gasteiger partial charge in [-0.2, -0.15) is 0 Å². The molecule has 25 heavy (non-hydrogen) atoms. The number of carbonyl (C=O) groups is 2. The number of benzene rings is 2. The lowest BCUT2D eigenvalue weighted by Gasteiger charge is -2.23. The maximum atomic E-state index is 13.0. The number of nitrogens with one attached hydrogen (secondary N) is 1. The van der Waals surface area contributed by atoms with Gasteiger partial charge >= 0.3 is 6.03 Å². The van der Waals surface area contributed by atoms with Crippen LogP contribution < -0.4 is 10.1 Å². The van der Waals surface area contributed by atoms with Crippen molar-refractivity contribution in [1.29, 1.82) is 0 Å². The van der Waals surface area contributed by atoms with Crippen LogP contribution in [0.15, 0.2) is 42.5 Å². The van der Waals surface area contributed by atoms with Gasteiger partial charge < -0.3 is 10.1 Å². The normalized spacial score (nSPS) is 19.9. The topological polar surface area (TPSA) is 58.6 Å². The largest absolute Gasteiger partial charge is 0.496 e. The maximum Gasteiger partial charge on any atom is 0.325 e. The van der Waals surface area contributed by atoms with E-state index in [-0.39, 0.29) is 18.3 Å². The lowest BCUT2D eigenvalue weighted by molar-refractivity contribution is -0.131. The third-order valence-corrected chi connectivity index (χ3v) is 4.50. The zero-order valence-electron chi connectivity index (χ0n) is 14.3. The molecule has 0 aliphatic carbocycles. The maximum absolute atomic E-state index is 13.0. The lowest BCUT2D eigenvalue weighted by Crippen LogP contribution is -2.40. The van der Waals surface area contributed by atoms with E-state index in [1.54, 1.807) is 38.3 Å². The minimum absolute atomic E-state index is 0.0929. The number of urea groups is 1. The second-order valence-corrected chi connectivity index (χ2v) is 6.26. The number of methoxy groups -OCH3 is 1. The minimum Gasteiger partial charge on any atom is -0.496 e. The molecule has 1 fully saturated rings. The van der Waals surface area contributed by atoms with Crippen molar-refractivity contribution in [3.05, 3.63) is 65.0 Å². The van der Waals surface area contributed by atoms with Crippen molar-refractivity contribution in [2.24, 2.45) is 0 Å². The Morgan fingerprint density at radius 1 is 1.16 bits per heavy atom. The van der Waals surface area contributed by atoms with Crippen molar-refractivity contribution in [2.45, 2.75) is 25.9 Å². The second-order valence-electron chi connectivity index (χ2n) is 6.26. The Balaban J connectivity index is 1.89. The predicted molar refractivity (Wildman–Crippen MR) is 90.6 cm³/mol. The van der Waals surface area contributed by atoms with Gasteiger partial charge in [0, 0.05) is 0 Å². The molecule has 2 aromatic carbocycles. The average molecular weight is 342 g/mol. The molecule has 6 heteroatoms. The molecule has 3 amide bonds. The van der Waals surface area contributed by atoms with E-state index >= 15 is 0 Å². The van der Waals surface area contributed by atoms with Gasteiger partial charge in [0.05, 0.1) is 13.7 Å². The smallest absolute Gasteiger partial charge is 0.325 e. The van der Waals surface area contributed by atoms with Crippen LogP contribution >= 0.6 is 0 Å². The van der Waals surface area contributed by atoms with E-state index in [1.165, 1.54) is 12.1 Å². The molecule has 2 aromatic rings. The summed E-state index contributed by atoms with van der Waals surface area (Å²) < 4.78 is 18.3. The number of imide groups is 1. The van der Waals surface area contributed by atoms with Crippen molar-refractivity contribution >= 4 is 11.9 Å². The average Bonchev–Trinajstić information content (AvgIpc) is 2.81. The second kappa shape index (κ2) is 6.20. The fraction of sp³-hybridized carbons (Fsp3) is 0.263. The summed E-state index contributed by atoms with van der Waals surface area (Å²) in [6.07, 6.45) is 0. The Morgan fingerprint density at radius 3 is 2.44 bits per heavy atom. The number of carbonyl (C=O) groups excluding carboxylic acids is 2. The first-order valence-corrected chi connectivity index (χ1v) is 7.89. The molecule has 1 saturated heterocycles. The van der Waals surface area contributed by atoms with Gasteiger partial charge in [0.15, 0.2) is 0 Å².